The van der Waals surface area contributed by atoms with Crippen LogP contribution in [-0.4, -0.2) is 49.5 Å². The lowest BCUT2D eigenvalue weighted by atomic mass is 10.3. The van der Waals surface area contributed by atoms with Crippen molar-refractivity contribution in [1.82, 2.24) is 14.3 Å². The molecule has 7 nitrogen and oxygen atoms in total. The van der Waals surface area contributed by atoms with Gasteiger partial charge in [0.2, 0.25) is 10.0 Å². The first kappa shape index (κ1) is 16.0. The summed E-state index contributed by atoms with van der Waals surface area (Å²) in [4.78, 5) is 7.58. The largest absolute Gasteiger partial charge is 0.497 e. The van der Waals surface area contributed by atoms with E-state index in [1.165, 1.54) is 4.31 Å². The fourth-order valence-corrected chi connectivity index (χ4v) is 3.93. The summed E-state index contributed by atoms with van der Waals surface area (Å²) in [6, 6.07) is 6.38. The van der Waals surface area contributed by atoms with Crippen LogP contribution in [0.15, 0.2) is 35.4 Å². The molecule has 0 unspecified atom stereocenters. The molecule has 1 aliphatic heterocycles. The number of hydrogen-bond donors (Lipinski definition) is 1. The molecular formula is C15H19N3O4S. The highest BCUT2D eigenvalue weighted by Crippen LogP contribution is 2.26. The van der Waals surface area contributed by atoms with Crippen molar-refractivity contribution in [3.05, 3.63) is 42.0 Å². The van der Waals surface area contributed by atoms with Crippen molar-refractivity contribution in [3.8, 4) is 5.75 Å². The Balaban J connectivity index is 1.81. The molecule has 1 aliphatic rings. The molecule has 0 saturated carbocycles. The summed E-state index contributed by atoms with van der Waals surface area (Å²) < 4.78 is 37.7. The van der Waals surface area contributed by atoms with E-state index in [2.05, 4.69) is 9.97 Å². The zero-order chi connectivity index (χ0) is 16.4. The molecule has 1 fully saturated rings. The number of nitrogens with zero attached hydrogens (tertiary/aromatic N) is 2. The Morgan fingerprint density at radius 1 is 1.35 bits per heavy atom. The number of H-pyrrole nitrogens is 1. The van der Waals surface area contributed by atoms with Crippen LogP contribution in [0.4, 0.5) is 0 Å². The van der Waals surface area contributed by atoms with Crippen LogP contribution in [-0.2, 0) is 14.8 Å². The molecule has 0 bridgehead atoms. The lowest BCUT2D eigenvalue weighted by molar-refractivity contribution is -0.00711. The molecule has 2 aromatic rings. The minimum Gasteiger partial charge on any atom is -0.497 e. The topological polar surface area (TPSA) is 84.5 Å². The molecule has 1 aromatic carbocycles. The number of hydrogen-bond acceptors (Lipinski definition) is 5. The van der Waals surface area contributed by atoms with Gasteiger partial charge in [0.05, 0.1) is 18.6 Å². The smallest absolute Gasteiger partial charge is 0.243 e. The number of methoxy groups -OCH3 is 1. The Morgan fingerprint density at radius 3 is 2.70 bits per heavy atom. The van der Waals surface area contributed by atoms with Crippen molar-refractivity contribution in [2.45, 2.75) is 17.9 Å². The number of morpholine rings is 1. The van der Waals surface area contributed by atoms with Crippen molar-refractivity contribution < 1.29 is 17.9 Å². The first-order chi connectivity index (χ1) is 11.0. The standard InChI is InChI=1S/C15H19N3O4S/c1-11-9-16-15(17-11)14-10-18(7-8-22-14)23(19,20)13-5-3-12(21-2)4-6-13/h3-6,9,14H,7-8,10H2,1-2H3,(H,16,17)/t14-/m0/s1. The number of aryl methyl sites for hydroxylation is 1. The molecule has 2 heterocycles. The van der Waals surface area contributed by atoms with E-state index >= 15 is 0 Å². The molecule has 1 saturated heterocycles. The monoisotopic (exact) mass is 337 g/mol. The Morgan fingerprint density at radius 2 is 2.09 bits per heavy atom. The summed E-state index contributed by atoms with van der Waals surface area (Å²) >= 11 is 0. The van der Waals surface area contributed by atoms with Gasteiger partial charge in [0, 0.05) is 25.0 Å². The van der Waals surface area contributed by atoms with Gasteiger partial charge < -0.3 is 14.5 Å². The van der Waals surface area contributed by atoms with E-state index in [4.69, 9.17) is 9.47 Å². The second-order valence-corrected chi connectivity index (χ2v) is 7.29. The molecule has 124 valence electrons. The maximum Gasteiger partial charge on any atom is 0.243 e. The lowest BCUT2D eigenvalue weighted by Gasteiger charge is -2.31. The van der Waals surface area contributed by atoms with Crippen molar-refractivity contribution >= 4 is 10.0 Å². The number of sulfonamides is 1. The summed E-state index contributed by atoms with van der Waals surface area (Å²) in [5.74, 6) is 1.27. The molecule has 23 heavy (non-hydrogen) atoms. The van der Waals surface area contributed by atoms with Crippen LogP contribution >= 0.6 is 0 Å². The van der Waals surface area contributed by atoms with Crippen LogP contribution in [0.2, 0.25) is 0 Å². The van der Waals surface area contributed by atoms with Gasteiger partial charge in [-0.05, 0) is 31.2 Å². The number of imidazole rings is 1. The maximum atomic E-state index is 12.8. The molecule has 1 atom stereocenters. The quantitative estimate of drug-likeness (QED) is 0.914. The summed E-state index contributed by atoms with van der Waals surface area (Å²) in [6.07, 6.45) is 1.32. The van der Waals surface area contributed by atoms with Crippen LogP contribution in [0.5, 0.6) is 5.75 Å². The van der Waals surface area contributed by atoms with Gasteiger partial charge in [-0.15, -0.1) is 0 Å². The molecule has 0 aliphatic carbocycles. The second-order valence-electron chi connectivity index (χ2n) is 5.35. The van der Waals surface area contributed by atoms with E-state index in [0.717, 1.165) is 5.69 Å². The highest BCUT2D eigenvalue weighted by Gasteiger charge is 2.32. The average Bonchev–Trinajstić information content (AvgIpc) is 3.01. The first-order valence-electron chi connectivity index (χ1n) is 7.28. The zero-order valence-corrected chi connectivity index (χ0v) is 13.8. The van der Waals surface area contributed by atoms with Gasteiger partial charge in [-0.3, -0.25) is 0 Å². The zero-order valence-electron chi connectivity index (χ0n) is 13.0. The summed E-state index contributed by atoms with van der Waals surface area (Å²) in [5.41, 5.74) is 0.915. The van der Waals surface area contributed by atoms with Gasteiger partial charge in [-0.25, -0.2) is 13.4 Å². The normalized spacial score (nSPS) is 19.7. The van der Waals surface area contributed by atoms with Gasteiger partial charge in [0.15, 0.2) is 0 Å². The van der Waals surface area contributed by atoms with E-state index in [0.29, 0.717) is 24.7 Å². The Kier molecular flexibility index (Phi) is 4.38. The fourth-order valence-electron chi connectivity index (χ4n) is 2.50. The molecule has 1 aromatic heterocycles. The van der Waals surface area contributed by atoms with Crippen molar-refractivity contribution in [3.63, 3.8) is 0 Å². The minimum absolute atomic E-state index is 0.237. The van der Waals surface area contributed by atoms with E-state index in [1.54, 1.807) is 37.6 Å². The number of benzene rings is 1. The fraction of sp³-hybridized carbons (Fsp3) is 0.400. The van der Waals surface area contributed by atoms with Crippen molar-refractivity contribution in [1.29, 1.82) is 0 Å². The summed E-state index contributed by atoms with van der Waals surface area (Å²) in [5, 5.41) is 0. The van der Waals surface area contributed by atoms with Crippen LogP contribution in [0.25, 0.3) is 0 Å². The summed E-state index contributed by atoms with van der Waals surface area (Å²) in [7, 11) is -2.02. The molecule has 3 rings (SSSR count). The maximum absolute atomic E-state index is 12.8. The molecule has 0 radical (unpaired) electrons. The van der Waals surface area contributed by atoms with Gasteiger partial charge in [-0.2, -0.15) is 4.31 Å². The molecular weight excluding hydrogens is 318 g/mol. The van der Waals surface area contributed by atoms with Crippen molar-refractivity contribution in [2.75, 3.05) is 26.8 Å². The molecule has 0 amide bonds. The Bertz CT molecular complexity index is 770. The highest BCUT2D eigenvalue weighted by molar-refractivity contribution is 7.89. The number of rotatable bonds is 4. The van der Waals surface area contributed by atoms with Gasteiger partial charge in [0.25, 0.3) is 0 Å². The predicted molar refractivity (Wildman–Crippen MR) is 83.8 cm³/mol. The third-order valence-electron chi connectivity index (χ3n) is 3.75. The highest BCUT2D eigenvalue weighted by atomic mass is 32.2. The number of aromatic amines is 1. The molecule has 0 spiro atoms. The van der Waals surface area contributed by atoms with Crippen LogP contribution in [0.3, 0.4) is 0 Å². The van der Waals surface area contributed by atoms with Gasteiger partial charge in [-0.1, -0.05) is 0 Å². The van der Waals surface area contributed by atoms with E-state index in [9.17, 15) is 8.42 Å². The lowest BCUT2D eigenvalue weighted by Crippen LogP contribution is -2.42. The molecule has 1 N–H and O–H groups in total. The summed E-state index contributed by atoms with van der Waals surface area (Å²) in [6.45, 7) is 2.79. The van der Waals surface area contributed by atoms with Crippen LogP contribution < -0.4 is 4.74 Å². The average molecular weight is 337 g/mol. The van der Waals surface area contributed by atoms with Crippen molar-refractivity contribution in [2.24, 2.45) is 0 Å². The SMILES string of the molecule is COc1ccc(S(=O)(=O)N2CCO[C@H](c3ncc(C)[nH]3)C2)cc1. The number of ether oxygens (including phenoxy) is 2. The minimum atomic E-state index is -3.57. The number of aromatic nitrogens is 2. The van der Waals surface area contributed by atoms with E-state index in [-0.39, 0.29) is 17.5 Å². The van der Waals surface area contributed by atoms with Gasteiger partial charge >= 0.3 is 0 Å². The number of nitrogens with one attached hydrogen (secondary N) is 1. The predicted octanol–water partition coefficient (Wildman–Crippen LogP) is 1.49. The third kappa shape index (κ3) is 3.24. The Hall–Kier alpha value is -1.90. The first-order valence-corrected chi connectivity index (χ1v) is 8.72. The second kappa shape index (κ2) is 6.31. The van der Waals surface area contributed by atoms with Crippen LogP contribution in [0, 0.1) is 6.92 Å². The van der Waals surface area contributed by atoms with Crippen LogP contribution in [0.1, 0.15) is 17.6 Å². The third-order valence-corrected chi connectivity index (χ3v) is 5.63. The van der Waals surface area contributed by atoms with Gasteiger partial charge in [0.1, 0.15) is 17.7 Å². The van der Waals surface area contributed by atoms with E-state index < -0.39 is 10.0 Å². The Labute approximate surface area is 135 Å². The van der Waals surface area contributed by atoms with E-state index in [1.807, 2.05) is 6.92 Å². The molecule has 8 heteroatoms.